The summed E-state index contributed by atoms with van der Waals surface area (Å²) >= 11 is 6.58. The monoisotopic (exact) mass is 674 g/mol. The molecule has 0 aliphatic carbocycles. The number of pyridine rings is 1. The molecule has 15 heteroatoms. The van der Waals surface area contributed by atoms with Gasteiger partial charge < -0.3 is 24.5 Å². The van der Waals surface area contributed by atoms with Crippen molar-refractivity contribution in [3.05, 3.63) is 75.9 Å². The number of amides is 1. The highest BCUT2D eigenvalue weighted by atomic mass is 35.5. The Balaban J connectivity index is 1.28. The van der Waals surface area contributed by atoms with Crippen LogP contribution in [0.3, 0.4) is 0 Å². The molecule has 5 heterocycles. The SMILES string of the molecule is CC(C)(C)OC(=O)N1C2CCC1CN(c1nc(OCCn3ccnc3[N+](=O)[O-])nc3c(F)c(-c4cccc5cccc(Cl)c45)ncc13)C2. The van der Waals surface area contributed by atoms with E-state index in [-0.39, 0.29) is 54.5 Å². The molecule has 2 aliphatic heterocycles. The first-order valence-electron chi connectivity index (χ1n) is 15.6. The van der Waals surface area contributed by atoms with Crippen LogP contribution in [0.25, 0.3) is 32.9 Å². The van der Waals surface area contributed by atoms with Gasteiger partial charge in [0, 0.05) is 35.3 Å². The molecule has 1 amide bonds. The molecule has 2 saturated heterocycles. The fourth-order valence-corrected chi connectivity index (χ4v) is 6.86. The molecule has 248 valence electrons. The van der Waals surface area contributed by atoms with Gasteiger partial charge in [0.2, 0.25) is 0 Å². The van der Waals surface area contributed by atoms with E-state index in [9.17, 15) is 14.9 Å². The number of anilines is 1. The summed E-state index contributed by atoms with van der Waals surface area (Å²) < 4.78 is 29.6. The zero-order chi connectivity index (χ0) is 33.7. The van der Waals surface area contributed by atoms with Crippen molar-refractivity contribution in [3.8, 4) is 17.3 Å². The van der Waals surface area contributed by atoms with Crippen LogP contribution in [0.15, 0.2) is 55.0 Å². The van der Waals surface area contributed by atoms with E-state index in [1.54, 1.807) is 18.3 Å². The highest BCUT2D eigenvalue weighted by Gasteiger charge is 2.45. The van der Waals surface area contributed by atoms with Crippen molar-refractivity contribution in [1.29, 1.82) is 0 Å². The molecule has 7 rings (SSSR count). The molecule has 2 aromatic carbocycles. The summed E-state index contributed by atoms with van der Waals surface area (Å²) in [4.78, 5) is 45.2. The number of imidazole rings is 1. The minimum Gasteiger partial charge on any atom is -0.460 e. The molecule has 2 aliphatic rings. The number of hydrogen-bond acceptors (Lipinski definition) is 10. The molecular weight excluding hydrogens is 643 g/mol. The summed E-state index contributed by atoms with van der Waals surface area (Å²) in [6.45, 7) is 6.43. The Bertz CT molecular complexity index is 2050. The van der Waals surface area contributed by atoms with Crippen LogP contribution in [0.5, 0.6) is 6.01 Å². The molecule has 2 bridgehead atoms. The maximum absolute atomic E-state index is 16.7. The number of aromatic nitrogens is 5. The third kappa shape index (κ3) is 5.80. The van der Waals surface area contributed by atoms with Crippen LogP contribution in [-0.2, 0) is 11.3 Å². The van der Waals surface area contributed by atoms with E-state index in [1.807, 2.05) is 54.8 Å². The maximum atomic E-state index is 16.7. The largest absolute Gasteiger partial charge is 0.460 e. The van der Waals surface area contributed by atoms with Crippen molar-refractivity contribution >= 4 is 51.1 Å². The van der Waals surface area contributed by atoms with Gasteiger partial charge in [0.05, 0.1) is 17.5 Å². The van der Waals surface area contributed by atoms with Crippen LogP contribution in [0.1, 0.15) is 33.6 Å². The number of ether oxygens (including phenoxy) is 2. The van der Waals surface area contributed by atoms with E-state index in [0.717, 1.165) is 18.2 Å². The summed E-state index contributed by atoms with van der Waals surface area (Å²) in [6, 6.07) is 10.6. The van der Waals surface area contributed by atoms with Gasteiger partial charge in [-0.3, -0.25) is 9.88 Å². The molecular formula is C33H32ClFN8O5. The molecule has 2 atom stereocenters. The van der Waals surface area contributed by atoms with Crippen LogP contribution in [0.2, 0.25) is 5.02 Å². The lowest BCUT2D eigenvalue weighted by Gasteiger charge is -2.42. The van der Waals surface area contributed by atoms with Gasteiger partial charge in [0.1, 0.15) is 48.2 Å². The lowest BCUT2D eigenvalue weighted by atomic mass is 10.0. The normalized spacial score (nSPS) is 17.7. The summed E-state index contributed by atoms with van der Waals surface area (Å²) in [5, 5.41) is 13.7. The predicted molar refractivity (Wildman–Crippen MR) is 177 cm³/mol. The molecule has 2 unspecified atom stereocenters. The lowest BCUT2D eigenvalue weighted by molar-refractivity contribution is -0.396. The van der Waals surface area contributed by atoms with Gasteiger partial charge in [0.15, 0.2) is 5.82 Å². The van der Waals surface area contributed by atoms with Crippen molar-refractivity contribution in [2.45, 2.75) is 57.8 Å². The quantitative estimate of drug-likeness (QED) is 0.140. The van der Waals surface area contributed by atoms with E-state index in [0.29, 0.717) is 40.3 Å². The Morgan fingerprint density at radius 3 is 2.54 bits per heavy atom. The van der Waals surface area contributed by atoms with Crippen molar-refractivity contribution in [3.63, 3.8) is 0 Å². The van der Waals surface area contributed by atoms with Gasteiger partial charge in [-0.05, 0) is 50.0 Å². The molecule has 0 saturated carbocycles. The second-order valence-electron chi connectivity index (χ2n) is 12.9. The molecule has 13 nitrogen and oxygen atoms in total. The molecule has 3 aromatic heterocycles. The topological polar surface area (TPSA) is 142 Å². The molecule has 5 aromatic rings. The predicted octanol–water partition coefficient (Wildman–Crippen LogP) is 6.41. The molecule has 0 N–H and O–H groups in total. The van der Waals surface area contributed by atoms with E-state index in [4.69, 9.17) is 26.1 Å². The zero-order valence-corrected chi connectivity index (χ0v) is 27.2. The number of fused-ring (bicyclic) bond motifs is 4. The Morgan fingerprint density at radius 1 is 1.10 bits per heavy atom. The minimum absolute atomic E-state index is 0.000383. The van der Waals surface area contributed by atoms with Crippen molar-refractivity contribution in [2.24, 2.45) is 0 Å². The minimum atomic E-state index is -0.672. The molecule has 2 fully saturated rings. The van der Waals surface area contributed by atoms with Crippen molar-refractivity contribution in [1.82, 2.24) is 29.4 Å². The average Bonchev–Trinajstić information content (AvgIpc) is 3.62. The van der Waals surface area contributed by atoms with E-state index in [1.165, 1.54) is 17.0 Å². The second kappa shape index (κ2) is 12.2. The van der Waals surface area contributed by atoms with Crippen LogP contribution < -0.4 is 9.64 Å². The fourth-order valence-electron chi connectivity index (χ4n) is 6.58. The average molecular weight is 675 g/mol. The summed E-state index contributed by atoms with van der Waals surface area (Å²) in [5.74, 6) is -0.583. The summed E-state index contributed by atoms with van der Waals surface area (Å²) in [5.41, 5.74) is -0.0495. The summed E-state index contributed by atoms with van der Waals surface area (Å²) in [7, 11) is 0. The molecule has 48 heavy (non-hydrogen) atoms. The number of nitrogens with zero attached hydrogens (tertiary/aromatic N) is 8. The number of piperazine rings is 1. The third-order valence-electron chi connectivity index (χ3n) is 8.56. The Labute approximate surface area is 279 Å². The maximum Gasteiger partial charge on any atom is 0.434 e. The van der Waals surface area contributed by atoms with Gasteiger partial charge in [-0.25, -0.2) is 13.8 Å². The van der Waals surface area contributed by atoms with Crippen LogP contribution in [0, 0.1) is 15.9 Å². The number of benzene rings is 2. The smallest absolute Gasteiger partial charge is 0.434 e. The zero-order valence-electron chi connectivity index (χ0n) is 26.5. The first-order valence-corrected chi connectivity index (χ1v) is 15.9. The highest BCUT2D eigenvalue weighted by molar-refractivity contribution is 6.36. The highest BCUT2D eigenvalue weighted by Crippen LogP contribution is 2.39. The standard InChI is InChI=1S/C33H32ClFN8O5/c1-33(2,3)48-32(44)42-20-10-11-21(42)18-41(17-20)29-23-16-37-27(22-8-4-6-19-7-5-9-24(34)25(19)22)26(35)28(23)38-30(39-29)47-15-14-40-13-12-36-31(40)43(45)46/h4-9,12-13,16,20-21H,10-11,14-15,17-18H2,1-3H3. The van der Waals surface area contributed by atoms with Crippen LogP contribution in [-0.4, -0.2) is 77.8 Å². The Morgan fingerprint density at radius 2 is 1.83 bits per heavy atom. The third-order valence-corrected chi connectivity index (χ3v) is 8.87. The first-order chi connectivity index (χ1) is 23.0. The fraction of sp³-hybridized carbons (Fsp3) is 0.364. The first kappa shape index (κ1) is 31.5. The second-order valence-corrected chi connectivity index (χ2v) is 13.3. The van der Waals surface area contributed by atoms with Gasteiger partial charge in [-0.15, -0.1) is 0 Å². The van der Waals surface area contributed by atoms with Gasteiger partial charge in [0.25, 0.3) is 0 Å². The summed E-state index contributed by atoms with van der Waals surface area (Å²) in [6.07, 6.45) is 5.58. The van der Waals surface area contributed by atoms with E-state index >= 15 is 4.39 Å². The number of carbonyl (C=O) groups is 1. The van der Waals surface area contributed by atoms with Crippen LogP contribution >= 0.6 is 11.6 Å². The van der Waals surface area contributed by atoms with Gasteiger partial charge >= 0.3 is 18.1 Å². The van der Waals surface area contributed by atoms with Gasteiger partial charge in [-0.1, -0.05) is 46.9 Å². The lowest BCUT2D eigenvalue weighted by Crippen LogP contribution is -2.57. The van der Waals surface area contributed by atoms with E-state index in [2.05, 4.69) is 15.0 Å². The van der Waals surface area contributed by atoms with Crippen molar-refractivity contribution < 1.29 is 23.6 Å². The molecule has 0 spiro atoms. The van der Waals surface area contributed by atoms with Crippen molar-refractivity contribution in [2.75, 3.05) is 24.6 Å². The number of hydrogen-bond donors (Lipinski definition) is 0. The van der Waals surface area contributed by atoms with Crippen LogP contribution in [0.4, 0.5) is 21.0 Å². The number of carbonyl (C=O) groups excluding carboxylic acids is 1. The van der Waals surface area contributed by atoms with E-state index < -0.39 is 16.3 Å². The Kier molecular flexibility index (Phi) is 7.98. The number of nitro groups is 1. The Hall–Kier alpha value is -5.11. The number of halogens is 2. The number of rotatable bonds is 7. The van der Waals surface area contributed by atoms with Gasteiger partial charge in [-0.2, -0.15) is 9.97 Å². The molecule has 0 radical (unpaired) electrons.